The highest BCUT2D eigenvalue weighted by atomic mass is 32.2. The van der Waals surface area contributed by atoms with Crippen LogP contribution in [0.3, 0.4) is 0 Å². The maximum atomic E-state index is 11.1. The molecule has 0 saturated carbocycles. The van der Waals surface area contributed by atoms with Crippen LogP contribution in [0.2, 0.25) is 0 Å². The minimum Gasteiger partial charge on any atom is -0.479 e. The zero-order valence-electron chi connectivity index (χ0n) is 9.89. The second-order valence-electron chi connectivity index (χ2n) is 3.62. The molecule has 7 heteroatoms. The number of nitrogens with zero attached hydrogens (tertiary/aromatic N) is 1. The molecule has 5 nitrogen and oxygen atoms in total. The van der Waals surface area contributed by atoms with E-state index in [2.05, 4.69) is 15.6 Å². The minimum absolute atomic E-state index is 0.162. The fraction of sp³-hybridized carbons (Fsp3) is 0.167. The van der Waals surface area contributed by atoms with Gasteiger partial charge in [0.15, 0.2) is 0 Å². The quantitative estimate of drug-likeness (QED) is 0.768. The summed E-state index contributed by atoms with van der Waals surface area (Å²) in [5, 5.41) is 18.4. The van der Waals surface area contributed by atoms with Crippen molar-refractivity contribution in [3.63, 3.8) is 0 Å². The van der Waals surface area contributed by atoms with E-state index < -0.39 is 10.8 Å². The number of nitrogens with one attached hydrogen (secondary N) is 2. The van der Waals surface area contributed by atoms with E-state index in [-0.39, 0.29) is 5.37 Å². The summed E-state index contributed by atoms with van der Waals surface area (Å²) in [5.74, 6) is -0.851. The van der Waals surface area contributed by atoms with E-state index in [1.165, 1.54) is 23.5 Å². The van der Waals surface area contributed by atoms with Crippen molar-refractivity contribution >= 4 is 29.5 Å². The van der Waals surface area contributed by atoms with Crippen molar-refractivity contribution in [1.29, 1.82) is 0 Å². The smallest absolute Gasteiger partial charge is 0.343 e. The predicted octanol–water partition coefficient (Wildman–Crippen LogP) is 1.79. The molecule has 2 aliphatic rings. The van der Waals surface area contributed by atoms with Crippen LogP contribution in [0.25, 0.3) is 0 Å². The van der Waals surface area contributed by atoms with Crippen LogP contribution in [0.5, 0.6) is 0 Å². The van der Waals surface area contributed by atoms with Crippen molar-refractivity contribution in [3.05, 3.63) is 53.8 Å². The lowest BCUT2D eigenvalue weighted by Crippen LogP contribution is -2.55. The molecule has 100 valence electrons. The molecule has 19 heavy (non-hydrogen) atoms. The lowest BCUT2D eigenvalue weighted by atomic mass is 10.3. The lowest BCUT2D eigenvalue weighted by Gasteiger charge is -2.29. The summed E-state index contributed by atoms with van der Waals surface area (Å²) >= 11 is 2.75. The number of thioether (sulfide) groups is 2. The first-order chi connectivity index (χ1) is 9.26. The molecule has 0 aromatic carbocycles. The first kappa shape index (κ1) is 13.8. The van der Waals surface area contributed by atoms with Crippen molar-refractivity contribution in [2.45, 2.75) is 10.2 Å². The van der Waals surface area contributed by atoms with Crippen LogP contribution < -0.4 is 10.6 Å². The average Bonchev–Trinajstić information content (AvgIpc) is 3.13. The highest BCUT2D eigenvalue weighted by molar-refractivity contribution is 8.07. The highest BCUT2D eigenvalue weighted by Gasteiger charge is 2.48. The fourth-order valence-electron chi connectivity index (χ4n) is 1.50. The second kappa shape index (κ2) is 6.53. The van der Waals surface area contributed by atoms with E-state index >= 15 is 0 Å². The maximum Gasteiger partial charge on any atom is 0.343 e. The van der Waals surface area contributed by atoms with Gasteiger partial charge in [0, 0.05) is 24.8 Å². The minimum atomic E-state index is -0.964. The van der Waals surface area contributed by atoms with Crippen LogP contribution in [0.1, 0.15) is 0 Å². The summed E-state index contributed by atoms with van der Waals surface area (Å²) < 4.78 is 0. The van der Waals surface area contributed by atoms with Gasteiger partial charge in [0.1, 0.15) is 5.37 Å². The van der Waals surface area contributed by atoms with Crippen LogP contribution in [-0.4, -0.2) is 26.3 Å². The van der Waals surface area contributed by atoms with Crippen molar-refractivity contribution in [1.82, 2.24) is 15.6 Å². The Hall–Kier alpha value is -1.60. The number of carboxylic acids is 1. The normalized spacial score (nSPS) is 27.1. The summed E-state index contributed by atoms with van der Waals surface area (Å²) in [5.41, 5.74) is 0. The van der Waals surface area contributed by atoms with E-state index in [9.17, 15) is 4.79 Å². The Balaban J connectivity index is 0.000000186. The average molecular weight is 295 g/mol. The molecular formula is C12H13N3O2S2. The van der Waals surface area contributed by atoms with Gasteiger partial charge in [-0.2, -0.15) is 0 Å². The van der Waals surface area contributed by atoms with Crippen molar-refractivity contribution in [2.24, 2.45) is 0 Å². The molecule has 1 aromatic heterocycles. The van der Waals surface area contributed by atoms with Crippen LogP contribution >= 0.6 is 23.5 Å². The molecule has 0 bridgehead atoms. The summed E-state index contributed by atoms with van der Waals surface area (Å²) in [6.45, 7) is 0. The molecule has 0 saturated heterocycles. The molecule has 1 aromatic rings. The van der Waals surface area contributed by atoms with Gasteiger partial charge >= 0.3 is 5.97 Å². The first-order valence-electron chi connectivity index (χ1n) is 5.51. The molecule has 0 spiro atoms. The van der Waals surface area contributed by atoms with Crippen molar-refractivity contribution in [2.75, 3.05) is 0 Å². The van der Waals surface area contributed by atoms with Gasteiger partial charge in [-0.25, -0.2) is 4.79 Å². The van der Waals surface area contributed by atoms with Gasteiger partial charge < -0.3 is 15.7 Å². The van der Waals surface area contributed by atoms with E-state index in [1.54, 1.807) is 30.2 Å². The molecule has 3 rings (SSSR count). The third-order valence-electron chi connectivity index (χ3n) is 2.40. The number of aromatic nitrogens is 1. The third kappa shape index (κ3) is 3.24. The van der Waals surface area contributed by atoms with E-state index in [0.29, 0.717) is 0 Å². The summed E-state index contributed by atoms with van der Waals surface area (Å²) in [7, 11) is 0. The van der Waals surface area contributed by atoms with Gasteiger partial charge in [0.05, 0.1) is 0 Å². The molecule has 0 aliphatic carbocycles. The van der Waals surface area contributed by atoms with Gasteiger partial charge in [0.25, 0.3) is 0 Å². The molecule has 2 unspecified atom stereocenters. The van der Waals surface area contributed by atoms with Crippen LogP contribution in [0.15, 0.2) is 53.8 Å². The number of hydrogen-bond acceptors (Lipinski definition) is 6. The first-order valence-corrected chi connectivity index (χ1v) is 7.33. The largest absolute Gasteiger partial charge is 0.479 e. The maximum absolute atomic E-state index is 11.1. The highest BCUT2D eigenvalue weighted by Crippen LogP contribution is 2.38. The second-order valence-corrected chi connectivity index (χ2v) is 5.78. The summed E-state index contributed by atoms with van der Waals surface area (Å²) in [6, 6.07) is 5.72. The molecule has 3 N–H and O–H groups in total. The number of rotatable bonds is 2. The number of aliphatic carboxylic acids is 1. The van der Waals surface area contributed by atoms with Crippen LogP contribution in [-0.2, 0) is 4.79 Å². The van der Waals surface area contributed by atoms with Gasteiger partial charge in [-0.15, -0.1) is 11.8 Å². The van der Waals surface area contributed by atoms with Gasteiger partial charge in [-0.3, -0.25) is 4.98 Å². The van der Waals surface area contributed by atoms with Crippen LogP contribution in [0, 0.1) is 0 Å². The molecule has 3 heterocycles. The fourth-order valence-corrected chi connectivity index (χ4v) is 3.45. The number of pyridine rings is 1. The monoisotopic (exact) mass is 295 g/mol. The molecule has 0 radical (unpaired) electrons. The molecule has 2 aliphatic heterocycles. The molecule has 0 fully saturated rings. The topological polar surface area (TPSA) is 74.2 Å². The number of hydrogen-bond donors (Lipinski definition) is 3. The zero-order valence-corrected chi connectivity index (χ0v) is 11.5. The lowest BCUT2D eigenvalue weighted by molar-refractivity contribution is -0.140. The van der Waals surface area contributed by atoms with Crippen LogP contribution in [0.4, 0.5) is 0 Å². The Kier molecular flexibility index (Phi) is 4.75. The molecule has 2 atom stereocenters. The van der Waals surface area contributed by atoms with E-state index in [0.717, 1.165) is 0 Å². The predicted molar refractivity (Wildman–Crippen MR) is 78.1 cm³/mol. The number of carboxylic acid groups (broad SMARTS) is 1. The third-order valence-corrected chi connectivity index (χ3v) is 4.78. The van der Waals surface area contributed by atoms with Gasteiger partial charge in [0.2, 0.25) is 4.87 Å². The Labute approximate surface area is 119 Å². The summed E-state index contributed by atoms with van der Waals surface area (Å²) in [6.07, 6.45) is 6.93. The van der Waals surface area contributed by atoms with Gasteiger partial charge in [-0.1, -0.05) is 17.8 Å². The number of carbonyl (C=O) groups is 1. The molecule has 0 amide bonds. The van der Waals surface area contributed by atoms with E-state index in [4.69, 9.17) is 5.11 Å². The Morgan fingerprint density at radius 1 is 1.21 bits per heavy atom. The standard InChI is InChI=1S/C7H8N2O2S2.C5H5N/c10-6(11)7(9-2-4-13-7)5-8-1-3-12-5;1-2-4-6-5-3-1/h1-5,8-9H,(H,10,11);1-5H. The molecular weight excluding hydrogens is 282 g/mol. The van der Waals surface area contributed by atoms with Gasteiger partial charge in [-0.05, 0) is 22.9 Å². The Morgan fingerprint density at radius 2 is 2.00 bits per heavy atom. The van der Waals surface area contributed by atoms with Crippen molar-refractivity contribution in [3.8, 4) is 0 Å². The van der Waals surface area contributed by atoms with Crippen molar-refractivity contribution < 1.29 is 9.90 Å². The zero-order chi connectivity index (χ0) is 13.6. The SMILES string of the molecule is O=C(O)C1(C2NC=CS2)NC=CS1.c1ccncc1. The summed E-state index contributed by atoms with van der Waals surface area (Å²) in [4.78, 5) is 13.9. The van der Waals surface area contributed by atoms with E-state index in [1.807, 2.05) is 23.6 Å². The Bertz CT molecular complexity index is 436. The Morgan fingerprint density at radius 3 is 2.37 bits per heavy atom.